The van der Waals surface area contributed by atoms with Gasteiger partial charge in [-0.05, 0) is 12.1 Å². The van der Waals surface area contributed by atoms with Crippen LogP contribution in [-0.4, -0.2) is 5.91 Å². The maximum Gasteiger partial charge on any atom is 0.252 e. The van der Waals surface area contributed by atoms with Crippen LogP contribution in [0.15, 0.2) is 12.1 Å². The van der Waals surface area contributed by atoms with Gasteiger partial charge in [0.05, 0.1) is 12.1 Å². The largest absolute Gasteiger partial charge is 0.347 e. The van der Waals surface area contributed by atoms with Crippen LogP contribution in [0.2, 0.25) is 0 Å². The number of nitrogens with one attached hydrogen (secondary N) is 1. The first kappa shape index (κ1) is 5.31. The molecule has 1 aliphatic rings. The molecule has 2 rings (SSSR count). The standard InChI is InChI=1S/C8H5NO/c10-8-7-4-2-1-3-6(7)5-9-8/h2,4H,5H2,(H,9,10). The normalized spacial score (nSPS) is 13.8. The van der Waals surface area contributed by atoms with Crippen LogP contribution >= 0.6 is 0 Å². The van der Waals surface area contributed by atoms with E-state index in [0.29, 0.717) is 6.54 Å². The Balaban J connectivity index is 2.61. The van der Waals surface area contributed by atoms with E-state index in [1.165, 1.54) is 0 Å². The van der Waals surface area contributed by atoms with E-state index in [9.17, 15) is 4.79 Å². The molecule has 0 radical (unpaired) electrons. The molecule has 10 heavy (non-hydrogen) atoms. The van der Waals surface area contributed by atoms with Gasteiger partial charge >= 0.3 is 0 Å². The fourth-order valence-corrected chi connectivity index (χ4v) is 1.04. The van der Waals surface area contributed by atoms with Crippen molar-refractivity contribution in [3.63, 3.8) is 0 Å². The average molecular weight is 131 g/mol. The van der Waals surface area contributed by atoms with Crippen molar-refractivity contribution < 1.29 is 4.79 Å². The number of fused-ring (bicyclic) bond motifs is 1. The summed E-state index contributed by atoms with van der Waals surface area (Å²) in [6, 6.07) is 9.12. The summed E-state index contributed by atoms with van der Waals surface area (Å²) in [7, 11) is 0. The molecule has 0 saturated carbocycles. The zero-order chi connectivity index (χ0) is 6.97. The van der Waals surface area contributed by atoms with Gasteiger partial charge in [0.2, 0.25) is 0 Å². The van der Waals surface area contributed by atoms with E-state index in [-0.39, 0.29) is 5.91 Å². The van der Waals surface area contributed by atoms with Crippen LogP contribution in [0.5, 0.6) is 0 Å². The van der Waals surface area contributed by atoms with E-state index in [4.69, 9.17) is 0 Å². The molecule has 0 atom stereocenters. The molecule has 1 N–H and O–H groups in total. The van der Waals surface area contributed by atoms with Crippen molar-refractivity contribution >= 4 is 5.91 Å². The summed E-state index contributed by atoms with van der Waals surface area (Å²) in [5, 5.41) is 2.69. The molecule has 1 heterocycles. The Morgan fingerprint density at radius 1 is 1.60 bits per heavy atom. The maximum absolute atomic E-state index is 10.9. The molecule has 0 fully saturated rings. The van der Waals surface area contributed by atoms with Crippen LogP contribution in [0.3, 0.4) is 0 Å². The summed E-state index contributed by atoms with van der Waals surface area (Å²) in [6.45, 7) is 0.603. The van der Waals surface area contributed by atoms with Gasteiger partial charge in [-0.25, -0.2) is 0 Å². The maximum atomic E-state index is 10.9. The first-order chi connectivity index (χ1) is 4.88. The van der Waals surface area contributed by atoms with Crippen LogP contribution in [0.1, 0.15) is 15.9 Å². The van der Waals surface area contributed by atoms with Gasteiger partial charge in [0, 0.05) is 5.56 Å². The van der Waals surface area contributed by atoms with Crippen molar-refractivity contribution in [1.82, 2.24) is 5.32 Å². The van der Waals surface area contributed by atoms with E-state index >= 15 is 0 Å². The van der Waals surface area contributed by atoms with Crippen LogP contribution in [0.25, 0.3) is 0 Å². The van der Waals surface area contributed by atoms with Gasteiger partial charge in [0.15, 0.2) is 0 Å². The first-order valence-electron chi connectivity index (χ1n) is 3.07. The van der Waals surface area contributed by atoms with Gasteiger partial charge in [0.1, 0.15) is 0 Å². The fourth-order valence-electron chi connectivity index (χ4n) is 1.04. The minimum atomic E-state index is 0.000231. The monoisotopic (exact) mass is 131 g/mol. The minimum Gasteiger partial charge on any atom is -0.347 e. The Morgan fingerprint density at radius 3 is 3.30 bits per heavy atom. The van der Waals surface area contributed by atoms with E-state index in [0.717, 1.165) is 11.1 Å². The molecule has 0 aliphatic carbocycles. The van der Waals surface area contributed by atoms with E-state index in [1.807, 2.05) is 0 Å². The first-order valence-corrected chi connectivity index (χ1v) is 3.07. The molecule has 0 bridgehead atoms. The zero-order valence-electron chi connectivity index (χ0n) is 5.27. The molecule has 0 saturated heterocycles. The highest BCUT2D eigenvalue weighted by Gasteiger charge is 2.16. The summed E-state index contributed by atoms with van der Waals surface area (Å²) < 4.78 is 0. The molecule has 48 valence electrons. The van der Waals surface area contributed by atoms with Crippen molar-refractivity contribution in [2.24, 2.45) is 0 Å². The van der Waals surface area contributed by atoms with Crippen LogP contribution < -0.4 is 5.32 Å². The molecule has 2 nitrogen and oxygen atoms in total. The van der Waals surface area contributed by atoms with E-state index in [2.05, 4.69) is 17.4 Å². The van der Waals surface area contributed by atoms with Crippen LogP contribution in [-0.2, 0) is 6.54 Å². The lowest BCUT2D eigenvalue weighted by Gasteiger charge is -1.85. The zero-order valence-corrected chi connectivity index (χ0v) is 5.27. The highest BCUT2D eigenvalue weighted by atomic mass is 16.1. The Kier molecular flexibility index (Phi) is 0.925. The number of carbonyl (C=O) groups is 1. The Bertz CT molecular complexity index is 280. The van der Waals surface area contributed by atoms with E-state index < -0.39 is 0 Å². The summed E-state index contributed by atoms with van der Waals surface area (Å²) in [5.74, 6) is 0.000231. The lowest BCUT2D eigenvalue weighted by atomic mass is 10.2. The lowest BCUT2D eigenvalue weighted by Crippen LogP contribution is -2.12. The summed E-state index contributed by atoms with van der Waals surface area (Å²) in [5.41, 5.74) is 1.66. The van der Waals surface area contributed by atoms with Crippen molar-refractivity contribution in [3.05, 3.63) is 35.4 Å². The van der Waals surface area contributed by atoms with Crippen molar-refractivity contribution in [2.45, 2.75) is 6.54 Å². The topological polar surface area (TPSA) is 29.1 Å². The molecule has 1 aromatic rings. The molecule has 1 aromatic carbocycles. The molecular formula is C8H5NO. The second kappa shape index (κ2) is 1.74. The highest BCUT2D eigenvalue weighted by Crippen LogP contribution is 2.10. The number of hydrogen-bond acceptors (Lipinski definition) is 1. The smallest absolute Gasteiger partial charge is 0.252 e. The highest BCUT2D eigenvalue weighted by molar-refractivity contribution is 5.97. The second-order valence-corrected chi connectivity index (χ2v) is 2.18. The number of amides is 1. The average Bonchev–Trinajstić information content (AvgIpc) is 2.34. The summed E-state index contributed by atoms with van der Waals surface area (Å²) in [6.07, 6.45) is 0. The predicted octanol–water partition coefficient (Wildman–Crippen LogP) is 0.530. The van der Waals surface area contributed by atoms with Gasteiger partial charge in [-0.15, -0.1) is 0 Å². The second-order valence-electron chi connectivity index (χ2n) is 2.18. The molecule has 1 amide bonds. The molecule has 0 aromatic heterocycles. The summed E-state index contributed by atoms with van der Waals surface area (Å²) >= 11 is 0. The van der Waals surface area contributed by atoms with Crippen molar-refractivity contribution in [1.29, 1.82) is 0 Å². The molecular weight excluding hydrogens is 126 g/mol. The third-order valence-electron chi connectivity index (χ3n) is 1.55. The predicted molar refractivity (Wildman–Crippen MR) is 35.3 cm³/mol. The number of hydrogen-bond donors (Lipinski definition) is 1. The SMILES string of the molecule is O=C1NCc2c#cccc21. The molecule has 2 heteroatoms. The lowest BCUT2D eigenvalue weighted by molar-refractivity contribution is 0.0966. The van der Waals surface area contributed by atoms with Gasteiger partial charge in [-0.3, -0.25) is 4.79 Å². The Labute approximate surface area is 58.9 Å². The third-order valence-corrected chi connectivity index (χ3v) is 1.55. The van der Waals surface area contributed by atoms with Gasteiger partial charge in [0.25, 0.3) is 5.91 Å². The third kappa shape index (κ3) is 0.577. The van der Waals surface area contributed by atoms with Crippen molar-refractivity contribution in [2.75, 3.05) is 0 Å². The van der Waals surface area contributed by atoms with Gasteiger partial charge < -0.3 is 5.32 Å². The molecule has 0 unspecified atom stereocenters. The fraction of sp³-hybridized carbons (Fsp3) is 0.125. The quantitative estimate of drug-likeness (QED) is 0.546. The van der Waals surface area contributed by atoms with Crippen molar-refractivity contribution in [3.8, 4) is 0 Å². The van der Waals surface area contributed by atoms with E-state index in [1.54, 1.807) is 12.1 Å². The number of rotatable bonds is 0. The van der Waals surface area contributed by atoms with Gasteiger partial charge in [-0.1, -0.05) is 12.1 Å². The number of carbonyl (C=O) groups excluding carboxylic acids is 1. The Hall–Kier alpha value is -1.49. The van der Waals surface area contributed by atoms with Crippen LogP contribution in [0.4, 0.5) is 0 Å². The summed E-state index contributed by atoms with van der Waals surface area (Å²) in [4.78, 5) is 10.9. The molecule has 0 spiro atoms. The minimum absolute atomic E-state index is 0.000231. The molecule has 1 aliphatic heterocycles. The van der Waals surface area contributed by atoms with Crippen LogP contribution in [0, 0.1) is 12.1 Å². The Morgan fingerprint density at radius 2 is 2.50 bits per heavy atom. The van der Waals surface area contributed by atoms with Gasteiger partial charge in [-0.2, -0.15) is 0 Å².